The van der Waals surface area contributed by atoms with Gasteiger partial charge in [0.05, 0.1) is 12.7 Å². The van der Waals surface area contributed by atoms with Crippen LogP contribution in [0.2, 0.25) is 0 Å². The summed E-state index contributed by atoms with van der Waals surface area (Å²) < 4.78 is 5.03. The van der Waals surface area contributed by atoms with Crippen LogP contribution in [0.15, 0.2) is 42.5 Å². The van der Waals surface area contributed by atoms with Gasteiger partial charge in [-0.1, -0.05) is 12.1 Å². The van der Waals surface area contributed by atoms with Gasteiger partial charge in [0.25, 0.3) is 5.91 Å². The van der Waals surface area contributed by atoms with Crippen molar-refractivity contribution in [3.05, 3.63) is 53.6 Å². The number of carbonyl (C=O) groups excluding carboxylic acids is 2. The molecule has 7 heteroatoms. The number of hydrogen-bond acceptors (Lipinski definition) is 5. The van der Waals surface area contributed by atoms with Gasteiger partial charge in [-0.05, 0) is 55.8 Å². The lowest BCUT2D eigenvalue weighted by Crippen LogP contribution is -2.38. The van der Waals surface area contributed by atoms with E-state index in [0.29, 0.717) is 11.4 Å². The van der Waals surface area contributed by atoms with Crippen molar-refractivity contribution in [3.63, 3.8) is 0 Å². The average Bonchev–Trinajstić information content (AvgIpc) is 2.68. The minimum Gasteiger partial charge on any atom is -0.507 e. The van der Waals surface area contributed by atoms with Crippen LogP contribution in [0, 0.1) is 5.92 Å². The van der Waals surface area contributed by atoms with E-state index in [-0.39, 0.29) is 29.0 Å². The van der Waals surface area contributed by atoms with E-state index >= 15 is 0 Å². The van der Waals surface area contributed by atoms with Gasteiger partial charge >= 0.3 is 0 Å². The van der Waals surface area contributed by atoms with Gasteiger partial charge < -0.3 is 20.9 Å². The smallest absolute Gasteiger partial charge is 0.259 e. The van der Waals surface area contributed by atoms with Crippen LogP contribution in [0.4, 0.5) is 5.69 Å². The van der Waals surface area contributed by atoms with E-state index in [2.05, 4.69) is 10.2 Å². The number of nitrogens with two attached hydrogens (primary N) is 1. The maximum absolute atomic E-state index is 12.5. The number of hydrogen-bond donors (Lipinski definition) is 3. The highest BCUT2D eigenvalue weighted by Crippen LogP contribution is 2.25. The molecule has 28 heavy (non-hydrogen) atoms. The Morgan fingerprint density at radius 3 is 2.61 bits per heavy atom. The molecular formula is C21H25N3O4. The predicted molar refractivity (Wildman–Crippen MR) is 106 cm³/mol. The summed E-state index contributed by atoms with van der Waals surface area (Å²) >= 11 is 0. The Hall–Kier alpha value is -3.06. The van der Waals surface area contributed by atoms with E-state index in [4.69, 9.17) is 10.5 Å². The molecule has 1 aliphatic heterocycles. The molecule has 2 amide bonds. The number of rotatable bonds is 6. The third-order valence-electron chi connectivity index (χ3n) is 5.03. The number of likely N-dealkylation sites (tertiary alicyclic amines) is 1. The lowest BCUT2D eigenvalue weighted by molar-refractivity contribution is -0.123. The summed E-state index contributed by atoms with van der Waals surface area (Å²) in [5, 5.41) is 12.8. The van der Waals surface area contributed by atoms with Crippen molar-refractivity contribution in [1.82, 2.24) is 4.90 Å². The van der Waals surface area contributed by atoms with Gasteiger partial charge in [0.15, 0.2) is 0 Å². The highest BCUT2D eigenvalue weighted by molar-refractivity contribution is 6.06. The van der Waals surface area contributed by atoms with Gasteiger partial charge in [0, 0.05) is 24.2 Å². The molecule has 0 spiro atoms. The number of ether oxygens (including phenoxy) is 1. The number of primary amides is 1. The van der Waals surface area contributed by atoms with E-state index < -0.39 is 0 Å². The summed E-state index contributed by atoms with van der Waals surface area (Å²) in [6.45, 7) is 2.39. The molecule has 0 radical (unpaired) electrons. The van der Waals surface area contributed by atoms with E-state index in [9.17, 15) is 14.7 Å². The molecule has 1 saturated heterocycles. The molecule has 0 atom stereocenters. The fourth-order valence-electron chi connectivity index (χ4n) is 3.41. The number of methoxy groups -OCH3 is 1. The number of carbonyl (C=O) groups is 2. The van der Waals surface area contributed by atoms with Gasteiger partial charge in [-0.3, -0.25) is 14.5 Å². The number of benzene rings is 2. The third kappa shape index (κ3) is 4.80. The maximum Gasteiger partial charge on any atom is 0.259 e. The molecule has 0 saturated carbocycles. The molecule has 1 aliphatic rings. The zero-order valence-electron chi connectivity index (χ0n) is 15.9. The standard InChI is InChI=1S/C21H25N3O4/c1-28-17-5-6-18(19(25)12-17)21(27)23-16-4-2-3-14(11-16)13-24-9-7-15(8-10-24)20(22)26/h2-6,11-12,15,25H,7-10,13H2,1H3,(H2,22,26)(H,23,27). The summed E-state index contributed by atoms with van der Waals surface area (Å²) in [5.74, 6) is -0.286. The number of phenolic OH excluding ortho intramolecular Hbond substituents is 1. The Morgan fingerprint density at radius 1 is 1.21 bits per heavy atom. The van der Waals surface area contributed by atoms with Crippen molar-refractivity contribution in [1.29, 1.82) is 0 Å². The quantitative estimate of drug-likeness (QED) is 0.710. The Kier molecular flexibility index (Phi) is 6.16. The number of aromatic hydroxyl groups is 1. The van der Waals surface area contributed by atoms with Crippen LogP contribution in [0.5, 0.6) is 11.5 Å². The minimum absolute atomic E-state index is 0.0287. The first-order valence-electron chi connectivity index (χ1n) is 9.25. The summed E-state index contributed by atoms with van der Waals surface area (Å²) in [5.41, 5.74) is 7.29. The van der Waals surface area contributed by atoms with Crippen molar-refractivity contribution >= 4 is 17.5 Å². The first kappa shape index (κ1) is 19.7. The Balaban J connectivity index is 1.62. The van der Waals surface area contributed by atoms with E-state index in [0.717, 1.165) is 38.0 Å². The molecular weight excluding hydrogens is 358 g/mol. The number of piperidine rings is 1. The SMILES string of the molecule is COc1ccc(C(=O)Nc2cccc(CN3CCC(C(N)=O)CC3)c2)c(O)c1. The second-order valence-corrected chi connectivity index (χ2v) is 6.99. The van der Waals surface area contributed by atoms with Gasteiger partial charge in [0.1, 0.15) is 11.5 Å². The second kappa shape index (κ2) is 8.75. The number of phenols is 1. The van der Waals surface area contributed by atoms with Crippen LogP contribution in [-0.4, -0.2) is 42.0 Å². The molecule has 0 aromatic heterocycles. The van der Waals surface area contributed by atoms with Crippen molar-refractivity contribution < 1.29 is 19.4 Å². The lowest BCUT2D eigenvalue weighted by Gasteiger charge is -2.30. The summed E-state index contributed by atoms with van der Waals surface area (Å²) in [6, 6.07) is 12.2. The summed E-state index contributed by atoms with van der Waals surface area (Å²) in [7, 11) is 1.50. The maximum atomic E-state index is 12.5. The molecule has 148 valence electrons. The van der Waals surface area contributed by atoms with Gasteiger partial charge in [-0.25, -0.2) is 0 Å². The van der Waals surface area contributed by atoms with Crippen LogP contribution < -0.4 is 15.8 Å². The van der Waals surface area contributed by atoms with E-state index in [1.807, 2.05) is 18.2 Å². The molecule has 0 bridgehead atoms. The molecule has 7 nitrogen and oxygen atoms in total. The zero-order chi connectivity index (χ0) is 20.1. The van der Waals surface area contributed by atoms with Gasteiger partial charge in [-0.15, -0.1) is 0 Å². The van der Waals surface area contributed by atoms with Crippen molar-refractivity contribution in [2.75, 3.05) is 25.5 Å². The zero-order valence-corrected chi connectivity index (χ0v) is 15.9. The van der Waals surface area contributed by atoms with Crippen LogP contribution >= 0.6 is 0 Å². The van der Waals surface area contributed by atoms with Crippen molar-refractivity contribution in [2.24, 2.45) is 11.7 Å². The number of nitrogens with zero attached hydrogens (tertiary/aromatic N) is 1. The molecule has 1 heterocycles. The van der Waals surface area contributed by atoms with E-state index in [1.54, 1.807) is 12.1 Å². The molecule has 3 rings (SSSR count). The minimum atomic E-state index is -0.389. The van der Waals surface area contributed by atoms with Crippen molar-refractivity contribution in [3.8, 4) is 11.5 Å². The highest BCUT2D eigenvalue weighted by atomic mass is 16.5. The largest absolute Gasteiger partial charge is 0.507 e. The monoisotopic (exact) mass is 383 g/mol. The van der Waals surface area contributed by atoms with Gasteiger partial charge in [-0.2, -0.15) is 0 Å². The number of amides is 2. The Bertz CT molecular complexity index is 860. The van der Waals surface area contributed by atoms with Crippen LogP contribution in [-0.2, 0) is 11.3 Å². The average molecular weight is 383 g/mol. The number of anilines is 1. The first-order chi connectivity index (χ1) is 13.5. The van der Waals surface area contributed by atoms with Crippen LogP contribution in [0.3, 0.4) is 0 Å². The normalized spacial score (nSPS) is 15.2. The predicted octanol–water partition coefficient (Wildman–Crippen LogP) is 2.35. The van der Waals surface area contributed by atoms with E-state index in [1.165, 1.54) is 19.2 Å². The van der Waals surface area contributed by atoms with Crippen LogP contribution in [0.25, 0.3) is 0 Å². The Morgan fingerprint density at radius 2 is 1.96 bits per heavy atom. The van der Waals surface area contributed by atoms with Crippen LogP contribution in [0.1, 0.15) is 28.8 Å². The summed E-state index contributed by atoms with van der Waals surface area (Å²) in [6.07, 6.45) is 1.56. The molecule has 0 aliphatic carbocycles. The lowest BCUT2D eigenvalue weighted by atomic mass is 9.96. The summed E-state index contributed by atoms with van der Waals surface area (Å²) in [4.78, 5) is 26.0. The molecule has 4 N–H and O–H groups in total. The molecule has 2 aromatic rings. The van der Waals surface area contributed by atoms with Crippen molar-refractivity contribution in [2.45, 2.75) is 19.4 Å². The van der Waals surface area contributed by atoms with Gasteiger partial charge in [0.2, 0.25) is 5.91 Å². The molecule has 2 aromatic carbocycles. The fraction of sp³-hybridized carbons (Fsp3) is 0.333. The third-order valence-corrected chi connectivity index (χ3v) is 5.03. The second-order valence-electron chi connectivity index (χ2n) is 6.99. The topological polar surface area (TPSA) is 105 Å². The fourth-order valence-corrected chi connectivity index (χ4v) is 3.41. The first-order valence-corrected chi connectivity index (χ1v) is 9.25. The number of nitrogens with one attached hydrogen (secondary N) is 1. The molecule has 1 fully saturated rings. The highest BCUT2D eigenvalue weighted by Gasteiger charge is 2.23. The molecule has 0 unspecified atom stereocenters. The Labute approximate surface area is 164 Å².